The monoisotopic (exact) mass is 622 g/mol. The quantitative estimate of drug-likeness (QED) is 0.194. The third-order valence-electron chi connectivity index (χ3n) is 8.57. The van der Waals surface area contributed by atoms with Gasteiger partial charge in [-0.25, -0.2) is 19.9 Å². The molecule has 0 bridgehead atoms. The second kappa shape index (κ2) is 10.2. The molecule has 7 heteroatoms. The lowest BCUT2D eigenvalue weighted by Gasteiger charge is -2.09. The largest absolute Gasteiger partial charge is 0.456 e. The van der Waals surface area contributed by atoms with Gasteiger partial charge in [0.05, 0.1) is 10.2 Å². The molecule has 0 radical (unpaired) electrons. The lowest BCUT2D eigenvalue weighted by atomic mass is 10.0. The molecule has 0 fully saturated rings. The van der Waals surface area contributed by atoms with Gasteiger partial charge in [-0.05, 0) is 30.3 Å². The van der Waals surface area contributed by atoms with Crippen LogP contribution in [-0.4, -0.2) is 19.9 Å². The standard InChI is InChI=1S/C40H22N4O2S/c1-3-10-23(11-4-1)37-42-38(25-18-19-27-26-14-7-8-16-31(26)45-33(27)20-25)44-39(43-37)28-15-9-17-32-36(28)29-21-30-35(22-34(29)46-32)47-40(41-30)24-12-5-2-6-13-24/h1-22H. The molecule has 0 saturated carbocycles. The van der Waals surface area contributed by atoms with E-state index in [4.69, 9.17) is 28.8 Å². The molecule has 0 aliphatic rings. The third kappa shape index (κ3) is 4.25. The van der Waals surface area contributed by atoms with Gasteiger partial charge < -0.3 is 8.83 Å². The van der Waals surface area contributed by atoms with Crippen LogP contribution in [0.4, 0.5) is 0 Å². The first-order chi connectivity index (χ1) is 23.2. The van der Waals surface area contributed by atoms with E-state index in [2.05, 4.69) is 42.5 Å². The van der Waals surface area contributed by atoms with Gasteiger partial charge in [0, 0.05) is 49.9 Å². The number of fused-ring (bicyclic) bond motifs is 7. The van der Waals surface area contributed by atoms with Gasteiger partial charge in [-0.2, -0.15) is 0 Å². The average Bonchev–Trinajstić information content (AvgIpc) is 3.83. The van der Waals surface area contributed by atoms with Gasteiger partial charge in [0.2, 0.25) is 0 Å². The number of furan rings is 2. The molecular weight excluding hydrogens is 601 g/mol. The second-order valence-corrected chi connectivity index (χ2v) is 12.5. The van der Waals surface area contributed by atoms with Gasteiger partial charge in [0.15, 0.2) is 17.5 Å². The Labute approximate surface area is 271 Å². The number of nitrogens with zero attached hydrogens (tertiary/aromatic N) is 4. The predicted octanol–water partition coefficient (Wildman–Crippen LogP) is 10.9. The third-order valence-corrected chi connectivity index (χ3v) is 9.64. The normalized spacial score (nSPS) is 11.8. The van der Waals surface area contributed by atoms with E-state index in [0.29, 0.717) is 17.5 Å². The highest BCUT2D eigenvalue weighted by molar-refractivity contribution is 7.21. The summed E-state index contributed by atoms with van der Waals surface area (Å²) in [6.45, 7) is 0. The van der Waals surface area contributed by atoms with Crippen molar-refractivity contribution in [3.63, 3.8) is 0 Å². The van der Waals surface area contributed by atoms with Gasteiger partial charge in [-0.3, -0.25) is 0 Å². The van der Waals surface area contributed by atoms with Crippen LogP contribution in [0.15, 0.2) is 142 Å². The smallest absolute Gasteiger partial charge is 0.164 e. The van der Waals surface area contributed by atoms with E-state index in [9.17, 15) is 0 Å². The maximum absolute atomic E-state index is 6.44. The molecule has 6 nitrogen and oxygen atoms in total. The summed E-state index contributed by atoms with van der Waals surface area (Å²) < 4.78 is 13.7. The molecule has 4 heterocycles. The lowest BCUT2D eigenvalue weighted by molar-refractivity contribution is 0.669. The first-order valence-corrected chi connectivity index (χ1v) is 16.1. The summed E-state index contributed by atoms with van der Waals surface area (Å²) in [5.41, 5.74) is 7.86. The van der Waals surface area contributed by atoms with Crippen molar-refractivity contribution in [1.82, 2.24) is 19.9 Å². The summed E-state index contributed by atoms with van der Waals surface area (Å²) in [5.74, 6) is 1.72. The first kappa shape index (κ1) is 26.1. The molecule has 10 rings (SSSR count). The van der Waals surface area contributed by atoms with Gasteiger partial charge in [0.25, 0.3) is 0 Å². The fourth-order valence-electron chi connectivity index (χ4n) is 6.34. The fourth-order valence-corrected chi connectivity index (χ4v) is 7.33. The summed E-state index contributed by atoms with van der Waals surface area (Å²) in [5, 5.41) is 5.04. The van der Waals surface area contributed by atoms with Crippen molar-refractivity contribution >= 4 is 65.4 Å². The van der Waals surface area contributed by atoms with Crippen LogP contribution in [0.1, 0.15) is 0 Å². The van der Waals surface area contributed by atoms with Crippen molar-refractivity contribution in [2.45, 2.75) is 0 Å². The summed E-state index contributed by atoms with van der Waals surface area (Å²) in [6.07, 6.45) is 0. The molecule has 6 aromatic carbocycles. The topological polar surface area (TPSA) is 77.8 Å². The maximum atomic E-state index is 6.44. The van der Waals surface area contributed by atoms with E-state index < -0.39 is 0 Å². The molecule has 0 aliphatic heterocycles. The molecule has 0 unspecified atom stereocenters. The number of benzene rings is 6. The molecule has 0 amide bonds. The minimum atomic E-state index is 0.565. The van der Waals surface area contributed by atoms with Crippen molar-refractivity contribution in [1.29, 1.82) is 0 Å². The number of hydrogen-bond donors (Lipinski definition) is 0. The van der Waals surface area contributed by atoms with E-state index in [1.165, 1.54) is 0 Å². The summed E-state index contributed by atoms with van der Waals surface area (Å²) in [6, 6.07) is 44.7. The molecule has 0 saturated heterocycles. The van der Waals surface area contributed by atoms with Crippen LogP contribution in [0.5, 0.6) is 0 Å². The van der Waals surface area contributed by atoms with Crippen molar-refractivity contribution in [3.05, 3.63) is 133 Å². The zero-order chi connectivity index (χ0) is 30.9. The zero-order valence-electron chi connectivity index (χ0n) is 24.7. The summed E-state index contributed by atoms with van der Waals surface area (Å²) in [4.78, 5) is 20.1. The van der Waals surface area contributed by atoms with Crippen LogP contribution in [0.3, 0.4) is 0 Å². The fraction of sp³-hybridized carbons (Fsp3) is 0. The van der Waals surface area contributed by atoms with Crippen LogP contribution < -0.4 is 0 Å². The molecule has 4 aromatic heterocycles. The highest BCUT2D eigenvalue weighted by Gasteiger charge is 2.20. The Hall–Kier alpha value is -6.18. The predicted molar refractivity (Wildman–Crippen MR) is 189 cm³/mol. The minimum absolute atomic E-state index is 0.565. The van der Waals surface area contributed by atoms with Crippen molar-refractivity contribution in [2.75, 3.05) is 0 Å². The first-order valence-electron chi connectivity index (χ1n) is 15.3. The van der Waals surface area contributed by atoms with Gasteiger partial charge in [-0.15, -0.1) is 11.3 Å². The van der Waals surface area contributed by atoms with Crippen LogP contribution >= 0.6 is 11.3 Å². The van der Waals surface area contributed by atoms with Crippen LogP contribution in [0.25, 0.3) is 98.8 Å². The van der Waals surface area contributed by atoms with E-state index in [1.54, 1.807) is 11.3 Å². The molecule has 220 valence electrons. The number of thiazole rings is 1. The van der Waals surface area contributed by atoms with Crippen molar-refractivity contribution in [3.8, 4) is 44.7 Å². The average molecular weight is 623 g/mol. The van der Waals surface area contributed by atoms with Crippen molar-refractivity contribution < 1.29 is 8.83 Å². The minimum Gasteiger partial charge on any atom is -0.456 e. The number of rotatable bonds is 4. The Bertz CT molecular complexity index is 2800. The molecule has 47 heavy (non-hydrogen) atoms. The molecular formula is C40H22N4O2S. The van der Waals surface area contributed by atoms with Gasteiger partial charge in [-0.1, -0.05) is 97.1 Å². The Morgan fingerprint density at radius 3 is 1.94 bits per heavy atom. The Kier molecular flexibility index (Phi) is 5.64. The number of aromatic nitrogens is 4. The molecule has 10 aromatic rings. The lowest BCUT2D eigenvalue weighted by Crippen LogP contribution is -2.00. The molecule has 0 spiro atoms. The zero-order valence-corrected chi connectivity index (χ0v) is 25.5. The van der Waals surface area contributed by atoms with E-state index in [1.807, 2.05) is 91.0 Å². The Morgan fingerprint density at radius 1 is 0.426 bits per heavy atom. The molecule has 0 atom stereocenters. The van der Waals surface area contributed by atoms with E-state index in [-0.39, 0.29) is 0 Å². The Balaban J connectivity index is 1.19. The van der Waals surface area contributed by atoms with Gasteiger partial charge >= 0.3 is 0 Å². The molecule has 0 N–H and O–H groups in total. The van der Waals surface area contributed by atoms with E-state index in [0.717, 1.165) is 81.4 Å². The summed E-state index contributed by atoms with van der Waals surface area (Å²) in [7, 11) is 0. The van der Waals surface area contributed by atoms with E-state index >= 15 is 0 Å². The van der Waals surface area contributed by atoms with Crippen LogP contribution in [0.2, 0.25) is 0 Å². The Morgan fingerprint density at radius 2 is 1.09 bits per heavy atom. The van der Waals surface area contributed by atoms with Gasteiger partial charge in [0.1, 0.15) is 27.3 Å². The van der Waals surface area contributed by atoms with Crippen LogP contribution in [-0.2, 0) is 0 Å². The SMILES string of the molecule is c1ccc(-c2nc(-c3ccc4c(c3)oc3ccccc34)nc(-c3cccc4oc5cc6sc(-c7ccccc7)nc6cc5c34)n2)cc1. The van der Waals surface area contributed by atoms with Crippen LogP contribution in [0, 0.1) is 0 Å². The number of hydrogen-bond acceptors (Lipinski definition) is 7. The maximum Gasteiger partial charge on any atom is 0.164 e. The highest BCUT2D eigenvalue weighted by Crippen LogP contribution is 2.40. The second-order valence-electron chi connectivity index (χ2n) is 11.5. The number of para-hydroxylation sites is 1. The molecule has 0 aliphatic carbocycles. The highest BCUT2D eigenvalue weighted by atomic mass is 32.1. The van der Waals surface area contributed by atoms with Crippen molar-refractivity contribution in [2.24, 2.45) is 0 Å². The summed E-state index contributed by atoms with van der Waals surface area (Å²) >= 11 is 1.66.